The summed E-state index contributed by atoms with van der Waals surface area (Å²) in [6.45, 7) is 2.41. The van der Waals surface area contributed by atoms with E-state index in [9.17, 15) is 9.90 Å². The molecule has 0 fully saturated rings. The first kappa shape index (κ1) is 20.9. The van der Waals surface area contributed by atoms with Crippen LogP contribution >= 0.6 is 23.3 Å². The SMILES string of the molecule is CSNC(=O)c1nc(N(Cc2ccc(CO)cc2)c2ccc(C#N)cc2)sc1C. The molecule has 0 aliphatic rings. The number of nitrogens with zero attached hydrogens (tertiary/aromatic N) is 3. The summed E-state index contributed by atoms with van der Waals surface area (Å²) in [5.74, 6) is -0.218. The Morgan fingerprint density at radius 3 is 2.45 bits per heavy atom. The molecule has 0 saturated heterocycles. The number of aliphatic hydroxyl groups is 1. The predicted octanol–water partition coefficient (Wildman–Crippen LogP) is 4.16. The van der Waals surface area contributed by atoms with E-state index in [0.29, 0.717) is 22.9 Å². The average molecular weight is 425 g/mol. The van der Waals surface area contributed by atoms with Crippen LogP contribution in [0, 0.1) is 18.3 Å². The van der Waals surface area contributed by atoms with Crippen LogP contribution in [-0.4, -0.2) is 22.3 Å². The van der Waals surface area contributed by atoms with E-state index in [0.717, 1.165) is 21.7 Å². The molecule has 29 heavy (non-hydrogen) atoms. The standard InChI is InChI=1S/C21H20N4O2S2/c1-14-19(20(27)24-28-2)23-21(29-14)25(18-9-7-15(11-22)8-10-18)12-16-3-5-17(13-26)6-4-16/h3-10,26H,12-13H2,1-2H3,(H,24,27). The van der Waals surface area contributed by atoms with Crippen LogP contribution in [0.15, 0.2) is 48.5 Å². The smallest absolute Gasteiger partial charge is 0.280 e. The van der Waals surface area contributed by atoms with Gasteiger partial charge in [-0.3, -0.25) is 9.52 Å². The van der Waals surface area contributed by atoms with Gasteiger partial charge in [0.2, 0.25) is 0 Å². The van der Waals surface area contributed by atoms with Gasteiger partial charge in [-0.2, -0.15) is 5.26 Å². The van der Waals surface area contributed by atoms with E-state index in [1.54, 1.807) is 18.4 Å². The van der Waals surface area contributed by atoms with Crippen LogP contribution < -0.4 is 9.62 Å². The van der Waals surface area contributed by atoms with Crippen molar-refractivity contribution in [3.63, 3.8) is 0 Å². The Kier molecular flexibility index (Phi) is 6.88. The number of benzene rings is 2. The van der Waals surface area contributed by atoms with Crippen LogP contribution in [0.3, 0.4) is 0 Å². The molecule has 2 N–H and O–H groups in total. The number of nitriles is 1. The van der Waals surface area contributed by atoms with Gasteiger partial charge < -0.3 is 10.0 Å². The first-order valence-corrected chi connectivity index (χ1v) is 10.9. The highest BCUT2D eigenvalue weighted by molar-refractivity contribution is 7.97. The minimum absolute atomic E-state index is 0.000791. The molecule has 0 spiro atoms. The molecule has 0 saturated carbocycles. The van der Waals surface area contributed by atoms with Crippen molar-refractivity contribution in [2.45, 2.75) is 20.1 Å². The van der Waals surface area contributed by atoms with Gasteiger partial charge in [-0.05, 0) is 42.3 Å². The molecule has 0 aliphatic carbocycles. The fraction of sp³-hybridized carbons (Fsp3) is 0.190. The van der Waals surface area contributed by atoms with E-state index >= 15 is 0 Å². The van der Waals surface area contributed by atoms with Gasteiger partial charge in [-0.1, -0.05) is 36.2 Å². The lowest BCUT2D eigenvalue weighted by atomic mass is 10.1. The highest BCUT2D eigenvalue weighted by atomic mass is 32.2. The summed E-state index contributed by atoms with van der Waals surface area (Å²) >= 11 is 2.69. The molecule has 0 atom stereocenters. The molecule has 0 aliphatic heterocycles. The molecule has 1 aromatic heterocycles. The van der Waals surface area contributed by atoms with E-state index in [2.05, 4.69) is 15.8 Å². The van der Waals surface area contributed by atoms with E-state index in [4.69, 9.17) is 5.26 Å². The number of aliphatic hydroxyl groups excluding tert-OH is 1. The maximum Gasteiger partial charge on any atom is 0.280 e. The third-order valence-electron chi connectivity index (χ3n) is 4.28. The minimum atomic E-state index is -0.218. The van der Waals surface area contributed by atoms with Crippen molar-refractivity contribution in [1.82, 2.24) is 9.71 Å². The molecular weight excluding hydrogens is 404 g/mol. The Morgan fingerprint density at radius 2 is 1.86 bits per heavy atom. The van der Waals surface area contributed by atoms with Crippen molar-refractivity contribution >= 4 is 40.0 Å². The number of rotatable bonds is 7. The third kappa shape index (κ3) is 4.95. The maximum atomic E-state index is 12.3. The second-order valence-electron chi connectivity index (χ2n) is 6.26. The highest BCUT2D eigenvalue weighted by Gasteiger charge is 2.20. The highest BCUT2D eigenvalue weighted by Crippen LogP contribution is 2.33. The molecule has 3 rings (SSSR count). The lowest BCUT2D eigenvalue weighted by Gasteiger charge is -2.22. The topological polar surface area (TPSA) is 89.2 Å². The predicted molar refractivity (Wildman–Crippen MR) is 117 cm³/mol. The van der Waals surface area contributed by atoms with Gasteiger partial charge in [0.05, 0.1) is 24.8 Å². The minimum Gasteiger partial charge on any atom is -0.392 e. The molecule has 6 nitrogen and oxygen atoms in total. The van der Waals surface area contributed by atoms with Gasteiger partial charge in [-0.15, -0.1) is 11.3 Å². The summed E-state index contributed by atoms with van der Waals surface area (Å²) in [6.07, 6.45) is 1.79. The molecule has 1 heterocycles. The Morgan fingerprint density at radius 1 is 1.21 bits per heavy atom. The largest absolute Gasteiger partial charge is 0.392 e. The number of hydrogen-bond donors (Lipinski definition) is 2. The summed E-state index contributed by atoms with van der Waals surface area (Å²) in [4.78, 5) is 19.7. The van der Waals surface area contributed by atoms with Gasteiger partial charge in [-0.25, -0.2) is 4.98 Å². The molecule has 148 valence electrons. The summed E-state index contributed by atoms with van der Waals surface area (Å²) < 4.78 is 2.72. The van der Waals surface area contributed by atoms with Crippen molar-refractivity contribution in [3.8, 4) is 6.07 Å². The average Bonchev–Trinajstić information content (AvgIpc) is 3.14. The van der Waals surface area contributed by atoms with Crippen LogP contribution in [0.1, 0.15) is 32.1 Å². The number of carbonyl (C=O) groups excluding carboxylic acids is 1. The number of anilines is 2. The molecule has 0 bridgehead atoms. The quantitative estimate of drug-likeness (QED) is 0.554. The van der Waals surface area contributed by atoms with E-state index in [1.807, 2.05) is 48.2 Å². The Balaban J connectivity index is 1.98. The number of amides is 1. The molecule has 0 unspecified atom stereocenters. The molecule has 3 aromatic rings. The van der Waals surface area contributed by atoms with Crippen molar-refractivity contribution in [2.75, 3.05) is 11.2 Å². The summed E-state index contributed by atoms with van der Waals surface area (Å²) in [7, 11) is 0. The number of aromatic nitrogens is 1. The van der Waals surface area contributed by atoms with Gasteiger partial charge in [0.1, 0.15) is 5.69 Å². The zero-order valence-electron chi connectivity index (χ0n) is 16.0. The van der Waals surface area contributed by atoms with Crippen molar-refractivity contribution in [1.29, 1.82) is 5.26 Å². The lowest BCUT2D eigenvalue weighted by molar-refractivity contribution is 0.0980. The maximum absolute atomic E-state index is 12.3. The van der Waals surface area contributed by atoms with Crippen molar-refractivity contribution in [3.05, 3.63) is 75.8 Å². The number of hydrogen-bond acceptors (Lipinski definition) is 7. The van der Waals surface area contributed by atoms with Crippen LogP contribution in [-0.2, 0) is 13.2 Å². The fourth-order valence-electron chi connectivity index (χ4n) is 2.77. The monoisotopic (exact) mass is 424 g/mol. The van der Waals surface area contributed by atoms with E-state index in [1.165, 1.54) is 23.3 Å². The Labute approximate surface area is 178 Å². The summed E-state index contributed by atoms with van der Waals surface area (Å²) in [6, 6.07) is 17.1. The molecule has 8 heteroatoms. The van der Waals surface area contributed by atoms with Gasteiger partial charge in [0.15, 0.2) is 5.13 Å². The number of carbonyl (C=O) groups is 1. The first-order chi connectivity index (χ1) is 14.0. The van der Waals surface area contributed by atoms with Crippen molar-refractivity contribution < 1.29 is 9.90 Å². The summed E-state index contributed by atoms with van der Waals surface area (Å²) in [5, 5.41) is 19.0. The van der Waals surface area contributed by atoms with Crippen LogP contribution in [0.2, 0.25) is 0 Å². The Hall–Kier alpha value is -2.86. The van der Waals surface area contributed by atoms with E-state index in [-0.39, 0.29) is 12.5 Å². The molecule has 1 amide bonds. The number of thiazole rings is 1. The zero-order valence-corrected chi connectivity index (χ0v) is 17.7. The molecule has 0 radical (unpaired) electrons. The second-order valence-corrected chi connectivity index (χ2v) is 8.05. The van der Waals surface area contributed by atoms with Crippen LogP contribution in [0.25, 0.3) is 0 Å². The van der Waals surface area contributed by atoms with Crippen molar-refractivity contribution in [2.24, 2.45) is 0 Å². The summed E-state index contributed by atoms with van der Waals surface area (Å²) in [5.41, 5.74) is 3.75. The lowest BCUT2D eigenvalue weighted by Crippen LogP contribution is -2.19. The fourth-order valence-corrected chi connectivity index (χ4v) is 3.98. The van der Waals surface area contributed by atoms with E-state index < -0.39 is 0 Å². The Bertz CT molecular complexity index is 1020. The van der Waals surface area contributed by atoms with Crippen LogP contribution in [0.5, 0.6) is 0 Å². The zero-order chi connectivity index (χ0) is 20.8. The molecular formula is C21H20N4O2S2. The van der Waals surface area contributed by atoms with Crippen LogP contribution in [0.4, 0.5) is 10.8 Å². The van der Waals surface area contributed by atoms with Gasteiger partial charge in [0.25, 0.3) is 5.91 Å². The number of aryl methyl sites for hydroxylation is 1. The number of nitrogens with one attached hydrogen (secondary N) is 1. The first-order valence-electron chi connectivity index (χ1n) is 8.83. The molecule has 2 aromatic carbocycles. The second kappa shape index (κ2) is 9.56. The van der Waals surface area contributed by atoms with Gasteiger partial charge >= 0.3 is 0 Å². The van der Waals surface area contributed by atoms with Gasteiger partial charge in [0, 0.05) is 16.8 Å². The normalized spacial score (nSPS) is 10.4. The third-order valence-corrected chi connectivity index (χ3v) is 5.66.